The predicted molar refractivity (Wildman–Crippen MR) is 75.8 cm³/mol. The first-order valence-corrected chi connectivity index (χ1v) is 7.99. The molecule has 108 valence electrons. The molecule has 7 heteroatoms. The molecule has 1 aromatic carbocycles. The van der Waals surface area contributed by atoms with Gasteiger partial charge >= 0.3 is 7.82 Å². The minimum absolute atomic E-state index is 0.0629. The van der Waals surface area contributed by atoms with Crippen LogP contribution in [0.25, 0.3) is 10.9 Å². The minimum atomic E-state index is -4.57. The second-order valence-corrected chi connectivity index (χ2v) is 6.61. The molecular weight excluding hydrogens is 279 g/mol. The van der Waals surface area contributed by atoms with Crippen molar-refractivity contribution in [2.75, 3.05) is 13.1 Å². The zero-order chi connectivity index (χ0) is 14.4. The molecule has 1 aromatic heterocycles. The van der Waals surface area contributed by atoms with Crippen molar-refractivity contribution in [3.05, 3.63) is 30.0 Å². The van der Waals surface area contributed by atoms with Gasteiger partial charge in [-0.05, 0) is 30.7 Å². The molecule has 3 rings (SSSR count). The molecular formula is C13H17N2O4P. The van der Waals surface area contributed by atoms with Crippen LogP contribution < -0.4 is 9.84 Å². The standard InChI is InChI=1S/C13H17N2O4P/c1-13(5-6-14-8-13)9-7-15-10-3-2-4-11(12(9)10)19-20(16,17)18/h2-4,7,14-15H,5-6,8H2,1H3,(H2,16,17,18). The maximum Gasteiger partial charge on any atom is 0.524 e. The molecule has 0 amide bonds. The Morgan fingerprint density at radius 2 is 2.20 bits per heavy atom. The molecule has 0 radical (unpaired) electrons. The molecule has 4 N–H and O–H groups in total. The summed E-state index contributed by atoms with van der Waals surface area (Å²) < 4.78 is 16.0. The van der Waals surface area contributed by atoms with Gasteiger partial charge in [0, 0.05) is 29.1 Å². The fourth-order valence-corrected chi connectivity index (χ4v) is 3.29. The third-order valence-corrected chi connectivity index (χ3v) is 4.34. The van der Waals surface area contributed by atoms with E-state index in [9.17, 15) is 4.57 Å². The summed E-state index contributed by atoms with van der Waals surface area (Å²) in [7, 11) is -4.57. The van der Waals surface area contributed by atoms with Crippen LogP contribution in [0.1, 0.15) is 18.9 Å². The van der Waals surface area contributed by atoms with Crippen molar-refractivity contribution in [3.63, 3.8) is 0 Å². The van der Waals surface area contributed by atoms with Crippen LogP contribution >= 0.6 is 7.82 Å². The van der Waals surface area contributed by atoms with Crippen molar-refractivity contribution in [1.82, 2.24) is 10.3 Å². The molecule has 0 spiro atoms. The number of benzene rings is 1. The number of phosphoric ester groups is 1. The number of hydrogen-bond acceptors (Lipinski definition) is 3. The highest BCUT2D eigenvalue weighted by Crippen LogP contribution is 2.44. The Kier molecular flexibility index (Phi) is 3.14. The average molecular weight is 296 g/mol. The number of rotatable bonds is 3. The molecule has 6 nitrogen and oxygen atoms in total. The van der Waals surface area contributed by atoms with Gasteiger partial charge in [-0.2, -0.15) is 0 Å². The van der Waals surface area contributed by atoms with Gasteiger partial charge in [-0.3, -0.25) is 9.79 Å². The molecule has 1 saturated heterocycles. The van der Waals surface area contributed by atoms with Gasteiger partial charge in [0.15, 0.2) is 0 Å². The van der Waals surface area contributed by atoms with Crippen molar-refractivity contribution in [1.29, 1.82) is 0 Å². The Bertz CT molecular complexity index is 685. The van der Waals surface area contributed by atoms with E-state index >= 15 is 0 Å². The second kappa shape index (κ2) is 4.60. The van der Waals surface area contributed by atoms with Crippen molar-refractivity contribution >= 4 is 18.7 Å². The largest absolute Gasteiger partial charge is 0.524 e. The van der Waals surface area contributed by atoms with Gasteiger partial charge in [-0.1, -0.05) is 13.0 Å². The smallest absolute Gasteiger partial charge is 0.404 e. The normalized spacial score (nSPS) is 23.4. The first-order chi connectivity index (χ1) is 9.39. The zero-order valence-electron chi connectivity index (χ0n) is 11.1. The quantitative estimate of drug-likeness (QED) is 0.649. The first-order valence-electron chi connectivity index (χ1n) is 6.45. The van der Waals surface area contributed by atoms with Crippen molar-refractivity contribution in [2.24, 2.45) is 0 Å². The van der Waals surface area contributed by atoms with Gasteiger partial charge < -0.3 is 14.8 Å². The monoisotopic (exact) mass is 296 g/mol. The molecule has 1 fully saturated rings. The van der Waals surface area contributed by atoms with Crippen LogP contribution in [0.5, 0.6) is 5.75 Å². The van der Waals surface area contributed by atoms with Crippen LogP contribution in [0, 0.1) is 0 Å². The van der Waals surface area contributed by atoms with Crippen LogP contribution in [0.2, 0.25) is 0 Å². The summed E-state index contributed by atoms with van der Waals surface area (Å²) >= 11 is 0. The lowest BCUT2D eigenvalue weighted by molar-refractivity contribution is 0.284. The number of aromatic amines is 1. The van der Waals surface area contributed by atoms with Gasteiger partial charge in [-0.25, -0.2) is 4.57 Å². The average Bonchev–Trinajstić information content (AvgIpc) is 2.94. The van der Waals surface area contributed by atoms with Crippen molar-refractivity contribution in [3.8, 4) is 5.75 Å². The van der Waals surface area contributed by atoms with Crippen LogP contribution in [0.4, 0.5) is 0 Å². The lowest BCUT2D eigenvalue weighted by Gasteiger charge is -2.23. The molecule has 2 aromatic rings. The first kappa shape index (κ1) is 13.6. The Balaban J connectivity index is 2.17. The third kappa shape index (κ3) is 2.36. The van der Waals surface area contributed by atoms with E-state index in [0.29, 0.717) is 0 Å². The molecule has 1 unspecified atom stereocenters. The lowest BCUT2D eigenvalue weighted by atomic mass is 9.81. The summed E-state index contributed by atoms with van der Waals surface area (Å²) in [6, 6.07) is 5.17. The summed E-state index contributed by atoms with van der Waals surface area (Å²) in [5, 5.41) is 4.08. The van der Waals surface area contributed by atoms with Gasteiger partial charge in [-0.15, -0.1) is 0 Å². The Labute approximate surface area is 116 Å². The SMILES string of the molecule is CC1(c2c[nH]c3cccc(OP(=O)(O)O)c23)CCNC1. The maximum atomic E-state index is 11.1. The molecule has 0 aliphatic carbocycles. The molecule has 1 aliphatic heterocycles. The van der Waals surface area contributed by atoms with E-state index in [2.05, 4.69) is 17.2 Å². The number of hydrogen-bond donors (Lipinski definition) is 4. The van der Waals surface area contributed by atoms with Crippen LogP contribution in [0.3, 0.4) is 0 Å². The van der Waals surface area contributed by atoms with E-state index < -0.39 is 7.82 Å². The summed E-state index contributed by atoms with van der Waals surface area (Å²) in [5.41, 5.74) is 1.78. The highest BCUT2D eigenvalue weighted by molar-refractivity contribution is 7.46. The topological polar surface area (TPSA) is 94.6 Å². The fourth-order valence-electron chi connectivity index (χ4n) is 2.88. The number of nitrogens with one attached hydrogen (secondary N) is 2. The van der Waals surface area contributed by atoms with Crippen LogP contribution in [-0.4, -0.2) is 27.9 Å². The number of phosphoric acid groups is 1. The van der Waals surface area contributed by atoms with Crippen LogP contribution in [-0.2, 0) is 9.98 Å². The van der Waals surface area contributed by atoms with E-state index in [-0.39, 0.29) is 11.2 Å². The number of aromatic nitrogens is 1. The van der Waals surface area contributed by atoms with E-state index in [1.165, 1.54) is 0 Å². The predicted octanol–water partition coefficient (Wildman–Crippen LogP) is 1.89. The van der Waals surface area contributed by atoms with Gasteiger partial charge in [0.05, 0.1) is 0 Å². The van der Waals surface area contributed by atoms with E-state index in [1.54, 1.807) is 12.1 Å². The Morgan fingerprint density at radius 1 is 1.40 bits per heavy atom. The zero-order valence-corrected chi connectivity index (χ0v) is 12.0. The summed E-state index contributed by atoms with van der Waals surface area (Å²) in [6.07, 6.45) is 2.88. The lowest BCUT2D eigenvalue weighted by Crippen LogP contribution is -2.24. The second-order valence-electron chi connectivity index (χ2n) is 5.45. The fraction of sp³-hybridized carbons (Fsp3) is 0.385. The molecule has 1 atom stereocenters. The van der Waals surface area contributed by atoms with E-state index in [4.69, 9.17) is 14.3 Å². The van der Waals surface area contributed by atoms with Crippen molar-refractivity contribution in [2.45, 2.75) is 18.8 Å². The Morgan fingerprint density at radius 3 is 2.85 bits per heavy atom. The van der Waals surface area contributed by atoms with Crippen molar-refractivity contribution < 1.29 is 18.9 Å². The molecule has 0 saturated carbocycles. The molecule has 0 bridgehead atoms. The maximum absolute atomic E-state index is 11.1. The van der Waals surface area contributed by atoms with E-state index in [0.717, 1.165) is 36.0 Å². The summed E-state index contributed by atoms with van der Waals surface area (Å²) in [6.45, 7) is 3.92. The number of H-pyrrole nitrogens is 1. The minimum Gasteiger partial charge on any atom is -0.404 e. The highest BCUT2D eigenvalue weighted by atomic mass is 31.2. The summed E-state index contributed by atoms with van der Waals surface area (Å²) in [5.74, 6) is 0.222. The summed E-state index contributed by atoms with van der Waals surface area (Å²) in [4.78, 5) is 21.3. The third-order valence-electron chi connectivity index (χ3n) is 3.90. The number of fused-ring (bicyclic) bond motifs is 1. The van der Waals surface area contributed by atoms with E-state index in [1.807, 2.05) is 12.3 Å². The highest BCUT2D eigenvalue weighted by Gasteiger charge is 2.34. The molecule has 2 heterocycles. The van der Waals surface area contributed by atoms with Gasteiger partial charge in [0.1, 0.15) is 5.75 Å². The van der Waals surface area contributed by atoms with Gasteiger partial charge in [0.2, 0.25) is 0 Å². The molecule has 1 aliphatic rings. The van der Waals surface area contributed by atoms with Crippen LogP contribution in [0.15, 0.2) is 24.4 Å². The molecule has 20 heavy (non-hydrogen) atoms. The Hall–Kier alpha value is -1.33. The van der Waals surface area contributed by atoms with Gasteiger partial charge in [0.25, 0.3) is 0 Å².